The van der Waals surface area contributed by atoms with Crippen molar-refractivity contribution in [2.75, 3.05) is 6.61 Å². The first-order valence-corrected chi connectivity index (χ1v) is 6.43. The normalized spacial score (nSPS) is 13.5. The molecule has 0 spiro atoms. The van der Waals surface area contributed by atoms with Crippen LogP contribution in [0.15, 0.2) is 29.3 Å². The zero-order chi connectivity index (χ0) is 13.5. The smallest absolute Gasteiger partial charge is 0.165 e. The maximum atomic E-state index is 13.7. The first-order chi connectivity index (χ1) is 8.56. The number of rotatable bonds is 6. The monoisotopic (exact) mass is 271 g/mol. The van der Waals surface area contributed by atoms with Crippen molar-refractivity contribution in [1.82, 2.24) is 0 Å². The van der Waals surface area contributed by atoms with Crippen LogP contribution in [0.3, 0.4) is 0 Å². The average Bonchev–Trinajstić information content (AvgIpc) is 2.37. The SMILES string of the molecule is CCC(N)Cc1ccc(OC/C(C)=C/Cl)c(F)c1. The highest BCUT2D eigenvalue weighted by Crippen LogP contribution is 2.20. The van der Waals surface area contributed by atoms with Crippen molar-refractivity contribution in [2.45, 2.75) is 32.7 Å². The second-order valence-corrected chi connectivity index (χ2v) is 4.60. The molecule has 4 heteroatoms. The zero-order valence-electron chi connectivity index (χ0n) is 10.7. The number of nitrogens with two attached hydrogens (primary N) is 1. The maximum absolute atomic E-state index is 13.7. The number of benzene rings is 1. The van der Waals surface area contributed by atoms with E-state index in [0.29, 0.717) is 6.42 Å². The molecule has 0 aliphatic heterocycles. The van der Waals surface area contributed by atoms with Crippen LogP contribution in [-0.2, 0) is 6.42 Å². The Morgan fingerprint density at radius 2 is 2.28 bits per heavy atom. The van der Waals surface area contributed by atoms with Gasteiger partial charge in [0.1, 0.15) is 6.61 Å². The molecular weight excluding hydrogens is 253 g/mol. The first-order valence-electron chi connectivity index (χ1n) is 5.99. The zero-order valence-corrected chi connectivity index (χ0v) is 11.5. The van der Waals surface area contributed by atoms with Crippen molar-refractivity contribution in [3.63, 3.8) is 0 Å². The van der Waals surface area contributed by atoms with E-state index in [1.165, 1.54) is 11.6 Å². The Balaban J connectivity index is 2.67. The minimum absolute atomic E-state index is 0.0672. The topological polar surface area (TPSA) is 35.2 Å². The van der Waals surface area contributed by atoms with Gasteiger partial charge in [0, 0.05) is 11.6 Å². The Morgan fingerprint density at radius 3 is 2.83 bits per heavy atom. The highest BCUT2D eigenvalue weighted by molar-refractivity contribution is 6.25. The molecule has 0 saturated heterocycles. The lowest BCUT2D eigenvalue weighted by Gasteiger charge is -2.11. The Bertz CT molecular complexity index is 420. The molecule has 1 aromatic rings. The summed E-state index contributed by atoms with van der Waals surface area (Å²) in [6, 6.07) is 5.02. The van der Waals surface area contributed by atoms with E-state index in [1.54, 1.807) is 6.07 Å². The quantitative estimate of drug-likeness (QED) is 0.858. The molecule has 2 nitrogen and oxygen atoms in total. The van der Waals surface area contributed by atoms with E-state index in [4.69, 9.17) is 22.1 Å². The van der Waals surface area contributed by atoms with Crippen LogP contribution >= 0.6 is 11.6 Å². The largest absolute Gasteiger partial charge is 0.486 e. The molecular formula is C14H19ClFNO. The van der Waals surface area contributed by atoms with E-state index in [1.807, 2.05) is 19.9 Å². The van der Waals surface area contributed by atoms with Gasteiger partial charge in [-0.3, -0.25) is 0 Å². The summed E-state index contributed by atoms with van der Waals surface area (Å²) in [5.74, 6) is -0.125. The number of hydrogen-bond acceptors (Lipinski definition) is 2. The molecule has 0 heterocycles. The van der Waals surface area contributed by atoms with E-state index in [0.717, 1.165) is 17.6 Å². The molecule has 2 N–H and O–H groups in total. The summed E-state index contributed by atoms with van der Waals surface area (Å²) < 4.78 is 19.1. The third-order valence-electron chi connectivity index (χ3n) is 2.66. The van der Waals surface area contributed by atoms with Gasteiger partial charge < -0.3 is 10.5 Å². The molecule has 1 atom stereocenters. The van der Waals surface area contributed by atoms with Crippen molar-refractivity contribution in [3.8, 4) is 5.75 Å². The van der Waals surface area contributed by atoms with Crippen LogP contribution in [0.2, 0.25) is 0 Å². The van der Waals surface area contributed by atoms with Gasteiger partial charge in [-0.05, 0) is 43.0 Å². The van der Waals surface area contributed by atoms with Crippen molar-refractivity contribution < 1.29 is 9.13 Å². The van der Waals surface area contributed by atoms with Gasteiger partial charge in [-0.2, -0.15) is 0 Å². The summed E-state index contributed by atoms with van der Waals surface area (Å²) in [6.45, 7) is 4.12. The van der Waals surface area contributed by atoms with Gasteiger partial charge in [0.05, 0.1) is 0 Å². The predicted octanol–water partition coefficient (Wildman–Crippen LogP) is 3.63. The first kappa shape index (κ1) is 15.0. The third kappa shape index (κ3) is 4.67. The molecule has 0 saturated carbocycles. The van der Waals surface area contributed by atoms with Gasteiger partial charge in [-0.25, -0.2) is 4.39 Å². The van der Waals surface area contributed by atoms with E-state index in [2.05, 4.69) is 0 Å². The van der Waals surface area contributed by atoms with E-state index in [9.17, 15) is 4.39 Å². The lowest BCUT2D eigenvalue weighted by Crippen LogP contribution is -2.21. The van der Waals surface area contributed by atoms with Gasteiger partial charge in [0.15, 0.2) is 11.6 Å². The Morgan fingerprint density at radius 1 is 1.56 bits per heavy atom. The lowest BCUT2D eigenvalue weighted by molar-refractivity contribution is 0.332. The second-order valence-electron chi connectivity index (χ2n) is 4.38. The van der Waals surface area contributed by atoms with Gasteiger partial charge in [-0.1, -0.05) is 24.6 Å². The second kappa shape index (κ2) is 7.39. The Labute approximate surface area is 113 Å². The van der Waals surface area contributed by atoms with Crippen LogP contribution in [0.25, 0.3) is 0 Å². The van der Waals surface area contributed by atoms with Crippen LogP contribution in [0.4, 0.5) is 4.39 Å². The molecule has 1 aromatic carbocycles. The number of halogens is 2. The molecule has 0 aliphatic rings. The molecule has 1 unspecified atom stereocenters. The molecule has 100 valence electrons. The van der Waals surface area contributed by atoms with Gasteiger partial charge in [0.25, 0.3) is 0 Å². The number of hydrogen-bond donors (Lipinski definition) is 1. The molecule has 0 amide bonds. The highest BCUT2D eigenvalue weighted by Gasteiger charge is 2.07. The van der Waals surface area contributed by atoms with E-state index >= 15 is 0 Å². The predicted molar refractivity (Wildman–Crippen MR) is 73.5 cm³/mol. The molecule has 0 aliphatic carbocycles. The van der Waals surface area contributed by atoms with Crippen LogP contribution in [-0.4, -0.2) is 12.6 Å². The van der Waals surface area contributed by atoms with Gasteiger partial charge in [-0.15, -0.1) is 0 Å². The molecule has 0 radical (unpaired) electrons. The van der Waals surface area contributed by atoms with Crippen molar-refractivity contribution >= 4 is 11.6 Å². The van der Waals surface area contributed by atoms with E-state index < -0.39 is 0 Å². The maximum Gasteiger partial charge on any atom is 0.165 e. The number of ether oxygens (including phenoxy) is 1. The van der Waals surface area contributed by atoms with Crippen molar-refractivity contribution in [2.24, 2.45) is 5.73 Å². The fourth-order valence-electron chi connectivity index (χ4n) is 1.46. The average molecular weight is 272 g/mol. The van der Waals surface area contributed by atoms with Crippen LogP contribution < -0.4 is 10.5 Å². The molecule has 1 rings (SSSR count). The fraction of sp³-hybridized carbons (Fsp3) is 0.429. The van der Waals surface area contributed by atoms with Gasteiger partial charge in [0.2, 0.25) is 0 Å². The highest BCUT2D eigenvalue weighted by atomic mass is 35.5. The fourth-order valence-corrected chi connectivity index (χ4v) is 1.52. The van der Waals surface area contributed by atoms with E-state index in [-0.39, 0.29) is 24.2 Å². The third-order valence-corrected chi connectivity index (χ3v) is 3.03. The molecule has 18 heavy (non-hydrogen) atoms. The van der Waals surface area contributed by atoms with Crippen molar-refractivity contribution in [3.05, 3.63) is 40.7 Å². The lowest BCUT2D eigenvalue weighted by atomic mass is 10.0. The molecule has 0 fully saturated rings. The standard InChI is InChI=1S/C14H19ClFNO/c1-3-12(17)6-11-4-5-14(13(16)7-11)18-9-10(2)8-15/h4-5,7-8,12H,3,6,9,17H2,1-2H3/b10-8+. The molecule has 0 bridgehead atoms. The van der Waals surface area contributed by atoms with Crippen LogP contribution in [0.5, 0.6) is 5.75 Å². The van der Waals surface area contributed by atoms with Crippen LogP contribution in [0.1, 0.15) is 25.8 Å². The summed E-state index contributed by atoms with van der Waals surface area (Å²) in [7, 11) is 0. The minimum Gasteiger partial charge on any atom is -0.486 e. The van der Waals surface area contributed by atoms with Crippen LogP contribution in [0, 0.1) is 5.82 Å². The summed E-state index contributed by atoms with van der Waals surface area (Å²) in [4.78, 5) is 0. The summed E-state index contributed by atoms with van der Waals surface area (Å²) >= 11 is 5.51. The summed E-state index contributed by atoms with van der Waals surface area (Å²) in [6.07, 6.45) is 1.55. The molecule has 0 aromatic heterocycles. The summed E-state index contributed by atoms with van der Waals surface area (Å²) in [5.41, 5.74) is 8.99. The Kier molecular flexibility index (Phi) is 6.16. The van der Waals surface area contributed by atoms with Crippen molar-refractivity contribution in [1.29, 1.82) is 0 Å². The Hall–Kier alpha value is -1.06. The minimum atomic E-state index is -0.363. The summed E-state index contributed by atoms with van der Waals surface area (Å²) in [5, 5.41) is 0. The van der Waals surface area contributed by atoms with Gasteiger partial charge >= 0.3 is 0 Å².